The van der Waals surface area contributed by atoms with Crippen LogP contribution >= 0.6 is 0 Å². The first-order valence-electron chi connectivity index (χ1n) is 6.52. The van der Waals surface area contributed by atoms with E-state index in [2.05, 4.69) is 30.5 Å². The van der Waals surface area contributed by atoms with Crippen LogP contribution in [0.1, 0.15) is 33.6 Å². The summed E-state index contributed by atoms with van der Waals surface area (Å²) in [4.78, 5) is 0. The Morgan fingerprint density at radius 3 is 2.65 bits per heavy atom. The zero-order chi connectivity index (χ0) is 12.3. The standard InChI is InChI=1S/C14H22N2O/c1-4-14(5-2)10-15-13-11(16-14)8-7-9-12(13)17-6-3/h7-9,15-16H,4-6,10H2,1-3H3. The summed E-state index contributed by atoms with van der Waals surface area (Å²) in [5, 5.41) is 7.19. The lowest BCUT2D eigenvalue weighted by Crippen LogP contribution is -2.46. The molecule has 0 spiro atoms. The average molecular weight is 234 g/mol. The predicted molar refractivity (Wildman–Crippen MR) is 73.0 cm³/mol. The van der Waals surface area contributed by atoms with Crippen molar-refractivity contribution in [3.8, 4) is 5.75 Å². The van der Waals surface area contributed by atoms with Crippen molar-refractivity contribution >= 4 is 11.4 Å². The maximum atomic E-state index is 5.64. The van der Waals surface area contributed by atoms with Crippen LogP contribution in [-0.2, 0) is 0 Å². The third-order valence-electron chi connectivity index (χ3n) is 3.68. The fraction of sp³-hybridized carbons (Fsp3) is 0.571. The largest absolute Gasteiger partial charge is 0.492 e. The summed E-state index contributed by atoms with van der Waals surface area (Å²) < 4.78 is 5.64. The zero-order valence-electron chi connectivity index (χ0n) is 11.0. The number of anilines is 2. The number of hydrogen-bond acceptors (Lipinski definition) is 3. The maximum Gasteiger partial charge on any atom is 0.144 e. The van der Waals surface area contributed by atoms with E-state index in [0.29, 0.717) is 6.61 Å². The van der Waals surface area contributed by atoms with Crippen molar-refractivity contribution in [1.29, 1.82) is 0 Å². The van der Waals surface area contributed by atoms with Crippen molar-refractivity contribution in [2.75, 3.05) is 23.8 Å². The van der Waals surface area contributed by atoms with Crippen LogP contribution in [0.5, 0.6) is 5.75 Å². The Balaban J connectivity index is 2.30. The zero-order valence-corrected chi connectivity index (χ0v) is 11.0. The molecule has 0 bridgehead atoms. The molecule has 0 fully saturated rings. The van der Waals surface area contributed by atoms with E-state index in [1.807, 2.05) is 19.1 Å². The van der Waals surface area contributed by atoms with Crippen LogP contribution in [0.2, 0.25) is 0 Å². The number of benzene rings is 1. The maximum absolute atomic E-state index is 5.64. The molecule has 0 atom stereocenters. The fourth-order valence-corrected chi connectivity index (χ4v) is 2.36. The van der Waals surface area contributed by atoms with Gasteiger partial charge in [0.25, 0.3) is 0 Å². The Hall–Kier alpha value is -1.38. The third-order valence-corrected chi connectivity index (χ3v) is 3.68. The number of ether oxygens (including phenoxy) is 1. The normalized spacial score (nSPS) is 16.6. The lowest BCUT2D eigenvalue weighted by atomic mass is 9.90. The molecule has 0 saturated heterocycles. The van der Waals surface area contributed by atoms with E-state index in [9.17, 15) is 0 Å². The van der Waals surface area contributed by atoms with Gasteiger partial charge in [0.05, 0.1) is 17.8 Å². The quantitative estimate of drug-likeness (QED) is 0.836. The molecule has 0 radical (unpaired) electrons. The second kappa shape index (κ2) is 4.86. The summed E-state index contributed by atoms with van der Waals surface area (Å²) in [5.41, 5.74) is 2.44. The van der Waals surface area contributed by atoms with Gasteiger partial charge in [0, 0.05) is 6.54 Å². The molecule has 0 unspecified atom stereocenters. The van der Waals surface area contributed by atoms with E-state index >= 15 is 0 Å². The summed E-state index contributed by atoms with van der Waals surface area (Å²) in [6.45, 7) is 8.13. The van der Waals surface area contributed by atoms with Crippen LogP contribution in [0.4, 0.5) is 11.4 Å². The van der Waals surface area contributed by atoms with Gasteiger partial charge in [-0.2, -0.15) is 0 Å². The predicted octanol–water partition coefficient (Wildman–Crippen LogP) is 3.48. The highest BCUT2D eigenvalue weighted by atomic mass is 16.5. The van der Waals surface area contributed by atoms with Crippen molar-refractivity contribution in [3.63, 3.8) is 0 Å². The minimum absolute atomic E-state index is 0.178. The Bertz CT molecular complexity index is 386. The second-order valence-corrected chi connectivity index (χ2v) is 4.58. The Labute approximate surface area is 104 Å². The molecular formula is C14H22N2O. The average Bonchev–Trinajstić information content (AvgIpc) is 2.39. The summed E-state index contributed by atoms with van der Waals surface area (Å²) >= 11 is 0. The van der Waals surface area contributed by atoms with E-state index in [0.717, 1.165) is 36.5 Å². The van der Waals surface area contributed by atoms with Crippen LogP contribution in [0.25, 0.3) is 0 Å². The molecule has 17 heavy (non-hydrogen) atoms. The van der Waals surface area contributed by atoms with Gasteiger partial charge >= 0.3 is 0 Å². The van der Waals surface area contributed by atoms with E-state index in [-0.39, 0.29) is 5.54 Å². The van der Waals surface area contributed by atoms with Crippen LogP contribution in [0.3, 0.4) is 0 Å². The smallest absolute Gasteiger partial charge is 0.144 e. The van der Waals surface area contributed by atoms with Crippen molar-refractivity contribution < 1.29 is 4.74 Å². The third kappa shape index (κ3) is 2.19. The molecule has 2 N–H and O–H groups in total. The Morgan fingerprint density at radius 2 is 2.00 bits per heavy atom. The monoisotopic (exact) mass is 234 g/mol. The van der Waals surface area contributed by atoms with Crippen LogP contribution in [-0.4, -0.2) is 18.7 Å². The summed E-state index contributed by atoms with van der Waals surface area (Å²) in [7, 11) is 0. The van der Waals surface area contributed by atoms with Gasteiger partial charge in [0.2, 0.25) is 0 Å². The highest BCUT2D eigenvalue weighted by molar-refractivity contribution is 5.78. The lowest BCUT2D eigenvalue weighted by molar-refractivity contribution is 0.340. The summed E-state index contributed by atoms with van der Waals surface area (Å²) in [5.74, 6) is 0.943. The number of fused-ring (bicyclic) bond motifs is 1. The van der Waals surface area contributed by atoms with Crippen molar-refractivity contribution in [3.05, 3.63) is 18.2 Å². The minimum Gasteiger partial charge on any atom is -0.492 e. The van der Waals surface area contributed by atoms with Gasteiger partial charge in [-0.25, -0.2) is 0 Å². The lowest BCUT2D eigenvalue weighted by Gasteiger charge is -2.40. The fourth-order valence-electron chi connectivity index (χ4n) is 2.36. The van der Waals surface area contributed by atoms with E-state index in [1.54, 1.807) is 0 Å². The first-order chi connectivity index (χ1) is 8.24. The number of hydrogen-bond donors (Lipinski definition) is 2. The molecule has 3 nitrogen and oxygen atoms in total. The van der Waals surface area contributed by atoms with Gasteiger partial charge in [0.1, 0.15) is 11.4 Å². The first-order valence-corrected chi connectivity index (χ1v) is 6.52. The van der Waals surface area contributed by atoms with Gasteiger partial charge in [-0.05, 0) is 31.9 Å². The molecule has 1 aliphatic heterocycles. The van der Waals surface area contributed by atoms with Crippen LogP contribution in [0, 0.1) is 0 Å². The number of nitrogens with one attached hydrogen (secondary N) is 2. The van der Waals surface area contributed by atoms with Gasteiger partial charge in [-0.3, -0.25) is 0 Å². The van der Waals surface area contributed by atoms with Gasteiger partial charge < -0.3 is 15.4 Å². The molecule has 0 amide bonds. The Morgan fingerprint density at radius 1 is 1.24 bits per heavy atom. The molecule has 2 rings (SSSR count). The Kier molecular flexibility index (Phi) is 3.46. The van der Waals surface area contributed by atoms with Crippen LogP contribution < -0.4 is 15.4 Å². The van der Waals surface area contributed by atoms with Gasteiger partial charge in [-0.1, -0.05) is 19.9 Å². The second-order valence-electron chi connectivity index (χ2n) is 4.58. The highest BCUT2D eigenvalue weighted by Gasteiger charge is 2.31. The van der Waals surface area contributed by atoms with Crippen molar-refractivity contribution in [1.82, 2.24) is 0 Å². The molecule has 1 aromatic rings. The summed E-state index contributed by atoms with van der Waals surface area (Å²) in [6.07, 6.45) is 2.24. The highest BCUT2D eigenvalue weighted by Crippen LogP contribution is 2.39. The number of rotatable bonds is 4. The SMILES string of the molecule is CCOc1cccc2c1NCC(CC)(CC)N2. The van der Waals surface area contributed by atoms with Crippen molar-refractivity contribution in [2.24, 2.45) is 0 Å². The van der Waals surface area contributed by atoms with Gasteiger partial charge in [0.15, 0.2) is 0 Å². The molecule has 94 valence electrons. The molecule has 0 aliphatic carbocycles. The van der Waals surface area contributed by atoms with Gasteiger partial charge in [-0.15, -0.1) is 0 Å². The van der Waals surface area contributed by atoms with Crippen molar-refractivity contribution in [2.45, 2.75) is 39.2 Å². The molecular weight excluding hydrogens is 212 g/mol. The number of para-hydroxylation sites is 1. The van der Waals surface area contributed by atoms with E-state index < -0.39 is 0 Å². The minimum atomic E-state index is 0.178. The van der Waals surface area contributed by atoms with E-state index in [4.69, 9.17) is 4.74 Å². The molecule has 1 aliphatic rings. The summed E-state index contributed by atoms with van der Waals surface area (Å²) in [6, 6.07) is 6.17. The molecule has 3 heteroatoms. The molecule has 1 aromatic carbocycles. The molecule has 1 heterocycles. The molecule has 0 saturated carbocycles. The van der Waals surface area contributed by atoms with Crippen LogP contribution in [0.15, 0.2) is 18.2 Å². The molecule has 0 aromatic heterocycles. The van der Waals surface area contributed by atoms with E-state index in [1.165, 1.54) is 0 Å². The topological polar surface area (TPSA) is 33.3 Å². The first kappa shape index (κ1) is 12.1.